The molecule has 0 aromatic carbocycles. The van der Waals surface area contributed by atoms with Crippen molar-refractivity contribution in [2.75, 3.05) is 6.26 Å². The van der Waals surface area contributed by atoms with Crippen LogP contribution in [0.2, 0.25) is 0 Å². The van der Waals surface area contributed by atoms with Crippen molar-refractivity contribution in [1.82, 2.24) is 0 Å². The first-order valence-electron chi connectivity index (χ1n) is 3.91. The van der Waals surface area contributed by atoms with Gasteiger partial charge in [0.25, 0.3) is 10.1 Å². The van der Waals surface area contributed by atoms with Crippen molar-refractivity contribution in [3.8, 4) is 0 Å². The molecular formula is C7H15NO4S. The third kappa shape index (κ3) is 7.73. The van der Waals surface area contributed by atoms with Crippen LogP contribution in [0.1, 0.15) is 26.7 Å². The SMILES string of the molecule is CC(CCC(C)OS(C)(=O)=O)=NO. The van der Waals surface area contributed by atoms with Crippen LogP contribution in [0.25, 0.3) is 0 Å². The standard InChI is InChI=1S/C7H15NO4S/c1-6(8-9)4-5-7(2)12-13(3,10)11/h7,9H,4-5H2,1-3H3. The normalized spacial score (nSPS) is 15.8. The van der Waals surface area contributed by atoms with E-state index in [0.29, 0.717) is 18.6 Å². The van der Waals surface area contributed by atoms with Gasteiger partial charge in [-0.1, -0.05) is 5.16 Å². The molecule has 1 unspecified atom stereocenters. The summed E-state index contributed by atoms with van der Waals surface area (Å²) in [5.74, 6) is 0. The molecule has 0 aliphatic rings. The minimum Gasteiger partial charge on any atom is -0.411 e. The summed E-state index contributed by atoms with van der Waals surface area (Å²) in [6.45, 7) is 3.32. The highest BCUT2D eigenvalue weighted by Crippen LogP contribution is 2.05. The van der Waals surface area contributed by atoms with Crippen molar-refractivity contribution in [1.29, 1.82) is 0 Å². The molecule has 5 nitrogen and oxygen atoms in total. The molecule has 0 aromatic heterocycles. The zero-order chi connectivity index (χ0) is 10.5. The molecule has 0 bridgehead atoms. The third-order valence-corrected chi connectivity index (χ3v) is 2.10. The van der Waals surface area contributed by atoms with Crippen molar-refractivity contribution in [3.05, 3.63) is 0 Å². The molecule has 0 amide bonds. The van der Waals surface area contributed by atoms with Crippen LogP contribution in [0.5, 0.6) is 0 Å². The molecule has 1 atom stereocenters. The Bertz CT molecular complexity index is 270. The van der Waals surface area contributed by atoms with Crippen LogP contribution in [0.4, 0.5) is 0 Å². The summed E-state index contributed by atoms with van der Waals surface area (Å²) in [6, 6.07) is 0. The van der Waals surface area contributed by atoms with Crippen LogP contribution in [-0.2, 0) is 14.3 Å². The molecule has 0 saturated heterocycles. The predicted molar refractivity (Wildman–Crippen MR) is 49.5 cm³/mol. The predicted octanol–water partition coefficient (Wildman–Crippen LogP) is 0.981. The lowest BCUT2D eigenvalue weighted by atomic mass is 10.2. The maximum Gasteiger partial charge on any atom is 0.264 e. The number of rotatable bonds is 5. The first kappa shape index (κ1) is 12.4. The van der Waals surface area contributed by atoms with Gasteiger partial charge < -0.3 is 5.21 Å². The first-order valence-corrected chi connectivity index (χ1v) is 5.72. The average Bonchev–Trinajstić information content (AvgIpc) is 1.97. The summed E-state index contributed by atoms with van der Waals surface area (Å²) in [5.41, 5.74) is 0.559. The zero-order valence-electron chi connectivity index (χ0n) is 8.02. The van der Waals surface area contributed by atoms with Crippen LogP contribution in [-0.4, -0.2) is 31.7 Å². The number of hydrogen-bond acceptors (Lipinski definition) is 5. The lowest BCUT2D eigenvalue weighted by Gasteiger charge is -2.09. The Morgan fingerprint density at radius 3 is 2.54 bits per heavy atom. The van der Waals surface area contributed by atoms with Crippen LogP contribution >= 0.6 is 0 Å². The Morgan fingerprint density at radius 2 is 2.15 bits per heavy atom. The summed E-state index contributed by atoms with van der Waals surface area (Å²) in [6.07, 6.45) is 1.67. The Morgan fingerprint density at radius 1 is 1.62 bits per heavy atom. The monoisotopic (exact) mass is 209 g/mol. The van der Waals surface area contributed by atoms with Gasteiger partial charge in [0.2, 0.25) is 0 Å². The van der Waals surface area contributed by atoms with E-state index in [2.05, 4.69) is 9.34 Å². The van der Waals surface area contributed by atoms with Crippen LogP contribution in [0.15, 0.2) is 5.16 Å². The van der Waals surface area contributed by atoms with E-state index in [4.69, 9.17) is 5.21 Å². The van der Waals surface area contributed by atoms with Gasteiger partial charge >= 0.3 is 0 Å². The molecule has 6 heteroatoms. The lowest BCUT2D eigenvalue weighted by molar-refractivity contribution is 0.222. The smallest absolute Gasteiger partial charge is 0.264 e. The van der Waals surface area contributed by atoms with Gasteiger partial charge in [-0.25, -0.2) is 0 Å². The van der Waals surface area contributed by atoms with Crippen molar-refractivity contribution >= 4 is 15.8 Å². The van der Waals surface area contributed by atoms with E-state index >= 15 is 0 Å². The fraction of sp³-hybridized carbons (Fsp3) is 0.857. The maximum absolute atomic E-state index is 10.7. The van der Waals surface area contributed by atoms with E-state index in [1.807, 2.05) is 0 Å². The second-order valence-corrected chi connectivity index (χ2v) is 4.59. The highest BCUT2D eigenvalue weighted by atomic mass is 32.2. The summed E-state index contributed by atoms with van der Waals surface area (Å²) in [7, 11) is -3.38. The van der Waals surface area contributed by atoms with E-state index in [-0.39, 0.29) is 6.10 Å². The second-order valence-electron chi connectivity index (χ2n) is 2.98. The molecule has 0 saturated carbocycles. The topological polar surface area (TPSA) is 76.0 Å². The Labute approximate surface area is 78.5 Å². The Hall–Kier alpha value is -0.620. The van der Waals surface area contributed by atoms with E-state index < -0.39 is 10.1 Å². The Balaban J connectivity index is 3.83. The molecule has 0 heterocycles. The molecule has 0 aliphatic carbocycles. The quantitative estimate of drug-likeness (QED) is 0.317. The van der Waals surface area contributed by atoms with Crippen LogP contribution < -0.4 is 0 Å². The van der Waals surface area contributed by atoms with E-state index in [9.17, 15) is 8.42 Å². The van der Waals surface area contributed by atoms with Crippen molar-refractivity contribution in [2.45, 2.75) is 32.8 Å². The van der Waals surface area contributed by atoms with Gasteiger partial charge in [-0.3, -0.25) is 4.18 Å². The third-order valence-electron chi connectivity index (χ3n) is 1.42. The molecule has 0 aromatic rings. The molecule has 0 rings (SSSR count). The van der Waals surface area contributed by atoms with Crippen molar-refractivity contribution in [3.63, 3.8) is 0 Å². The minimum absolute atomic E-state index is 0.383. The Kier molecular flexibility index (Phi) is 4.94. The molecule has 13 heavy (non-hydrogen) atoms. The zero-order valence-corrected chi connectivity index (χ0v) is 8.84. The van der Waals surface area contributed by atoms with Gasteiger partial charge in [0.05, 0.1) is 18.1 Å². The van der Waals surface area contributed by atoms with Crippen LogP contribution in [0.3, 0.4) is 0 Å². The van der Waals surface area contributed by atoms with Crippen LogP contribution in [0, 0.1) is 0 Å². The van der Waals surface area contributed by atoms with Gasteiger partial charge in [0.1, 0.15) is 0 Å². The summed E-state index contributed by atoms with van der Waals surface area (Å²) in [4.78, 5) is 0. The highest BCUT2D eigenvalue weighted by Gasteiger charge is 2.10. The minimum atomic E-state index is -3.38. The van der Waals surface area contributed by atoms with Gasteiger partial charge in [0, 0.05) is 0 Å². The fourth-order valence-corrected chi connectivity index (χ4v) is 1.50. The largest absolute Gasteiger partial charge is 0.411 e. The number of oxime groups is 1. The molecule has 78 valence electrons. The lowest BCUT2D eigenvalue weighted by Crippen LogP contribution is -2.14. The van der Waals surface area contributed by atoms with Gasteiger partial charge in [-0.2, -0.15) is 8.42 Å². The van der Waals surface area contributed by atoms with Gasteiger partial charge in [0.15, 0.2) is 0 Å². The van der Waals surface area contributed by atoms with Crippen molar-refractivity contribution in [2.24, 2.45) is 5.16 Å². The summed E-state index contributed by atoms with van der Waals surface area (Å²) >= 11 is 0. The summed E-state index contributed by atoms with van der Waals surface area (Å²) < 4.78 is 26.0. The van der Waals surface area contributed by atoms with Gasteiger partial charge in [-0.15, -0.1) is 0 Å². The fourth-order valence-electron chi connectivity index (χ4n) is 0.809. The molecule has 0 spiro atoms. The van der Waals surface area contributed by atoms with Crippen molar-refractivity contribution < 1.29 is 17.8 Å². The summed E-state index contributed by atoms with van der Waals surface area (Å²) in [5, 5.41) is 11.3. The number of hydrogen-bond donors (Lipinski definition) is 1. The van der Waals surface area contributed by atoms with E-state index in [1.165, 1.54) is 0 Å². The molecule has 0 aliphatic heterocycles. The number of nitrogens with zero attached hydrogens (tertiary/aromatic N) is 1. The molecule has 0 fully saturated rings. The average molecular weight is 209 g/mol. The van der Waals surface area contributed by atoms with E-state index in [1.54, 1.807) is 13.8 Å². The molecule has 0 radical (unpaired) electrons. The molecular weight excluding hydrogens is 194 g/mol. The van der Waals surface area contributed by atoms with Gasteiger partial charge in [-0.05, 0) is 26.7 Å². The maximum atomic E-state index is 10.7. The first-order chi connectivity index (χ1) is 5.85. The highest BCUT2D eigenvalue weighted by molar-refractivity contribution is 7.86. The van der Waals surface area contributed by atoms with E-state index in [0.717, 1.165) is 6.26 Å². The molecule has 1 N–H and O–H groups in total. The second kappa shape index (κ2) is 5.18.